The van der Waals surface area contributed by atoms with Crippen LogP contribution in [0.5, 0.6) is 0 Å². The number of carbonyl (C=O) groups is 1. The Bertz CT molecular complexity index is 375. The monoisotopic (exact) mass is 248 g/mol. The van der Waals surface area contributed by atoms with Gasteiger partial charge in [0.05, 0.1) is 25.8 Å². The van der Waals surface area contributed by atoms with Gasteiger partial charge < -0.3 is 10.1 Å². The van der Waals surface area contributed by atoms with Crippen LogP contribution in [0.25, 0.3) is 0 Å². The van der Waals surface area contributed by atoms with Gasteiger partial charge in [0.1, 0.15) is 0 Å². The first-order chi connectivity index (χ1) is 8.75. The Kier molecular flexibility index (Phi) is 4.73. The summed E-state index contributed by atoms with van der Waals surface area (Å²) in [5.41, 5.74) is 1.13. The van der Waals surface area contributed by atoms with Crippen molar-refractivity contribution in [1.29, 1.82) is 0 Å². The minimum atomic E-state index is 0.0553. The van der Waals surface area contributed by atoms with Crippen LogP contribution in [0.3, 0.4) is 0 Å². The average molecular weight is 248 g/mol. The minimum Gasteiger partial charge on any atom is -0.379 e. The fourth-order valence-electron chi connectivity index (χ4n) is 2.07. The number of amides is 1. The molecule has 1 aromatic carbocycles. The van der Waals surface area contributed by atoms with Crippen molar-refractivity contribution >= 4 is 5.91 Å². The van der Waals surface area contributed by atoms with Gasteiger partial charge in [-0.1, -0.05) is 30.3 Å². The molecular formula is C14H20N2O2. The molecule has 1 aliphatic rings. The van der Waals surface area contributed by atoms with E-state index in [2.05, 4.69) is 10.2 Å². The van der Waals surface area contributed by atoms with E-state index in [0.29, 0.717) is 6.54 Å². The molecule has 0 spiro atoms. The van der Waals surface area contributed by atoms with Gasteiger partial charge in [-0.05, 0) is 12.5 Å². The number of hydrogen-bond donors (Lipinski definition) is 1. The third-order valence-electron chi connectivity index (χ3n) is 3.15. The minimum absolute atomic E-state index is 0.0553. The van der Waals surface area contributed by atoms with E-state index < -0.39 is 0 Å². The average Bonchev–Trinajstić information content (AvgIpc) is 2.40. The molecule has 1 fully saturated rings. The van der Waals surface area contributed by atoms with Crippen molar-refractivity contribution < 1.29 is 9.53 Å². The van der Waals surface area contributed by atoms with Crippen LogP contribution in [0.4, 0.5) is 0 Å². The number of benzene rings is 1. The van der Waals surface area contributed by atoms with Gasteiger partial charge in [0.2, 0.25) is 5.91 Å². The second kappa shape index (κ2) is 6.52. The number of rotatable bonds is 4. The van der Waals surface area contributed by atoms with E-state index in [4.69, 9.17) is 4.74 Å². The first-order valence-electron chi connectivity index (χ1n) is 6.40. The number of hydrogen-bond acceptors (Lipinski definition) is 3. The van der Waals surface area contributed by atoms with Gasteiger partial charge in [-0.2, -0.15) is 0 Å². The van der Waals surface area contributed by atoms with Crippen LogP contribution in [-0.2, 0) is 9.53 Å². The van der Waals surface area contributed by atoms with Gasteiger partial charge >= 0.3 is 0 Å². The molecule has 1 atom stereocenters. The van der Waals surface area contributed by atoms with E-state index in [1.165, 1.54) is 0 Å². The highest BCUT2D eigenvalue weighted by atomic mass is 16.5. The zero-order valence-electron chi connectivity index (χ0n) is 10.8. The highest BCUT2D eigenvalue weighted by Gasteiger charge is 2.15. The summed E-state index contributed by atoms with van der Waals surface area (Å²) in [5.74, 6) is 0.0771. The summed E-state index contributed by atoms with van der Waals surface area (Å²) < 4.78 is 5.26. The molecule has 1 N–H and O–H groups in total. The lowest BCUT2D eigenvalue weighted by Gasteiger charge is -2.26. The maximum absolute atomic E-state index is 11.9. The Morgan fingerprint density at radius 1 is 1.33 bits per heavy atom. The largest absolute Gasteiger partial charge is 0.379 e. The molecule has 18 heavy (non-hydrogen) atoms. The highest BCUT2D eigenvalue weighted by molar-refractivity contribution is 5.78. The SMILES string of the molecule is C[C@@H](NC(=O)CN1CCOCC1)c1ccccc1. The predicted octanol–water partition coefficient (Wildman–Crippen LogP) is 1.20. The quantitative estimate of drug-likeness (QED) is 0.870. The standard InChI is InChI=1S/C14H20N2O2/c1-12(13-5-3-2-4-6-13)15-14(17)11-16-7-9-18-10-8-16/h2-6,12H,7-11H2,1H3,(H,15,17)/t12-/m1/s1. The summed E-state index contributed by atoms with van der Waals surface area (Å²) in [6.45, 7) is 5.59. The second-order valence-corrected chi connectivity index (χ2v) is 4.59. The molecule has 1 heterocycles. The van der Waals surface area contributed by atoms with Gasteiger partial charge in [0.15, 0.2) is 0 Å². The molecular weight excluding hydrogens is 228 g/mol. The smallest absolute Gasteiger partial charge is 0.234 e. The number of morpholine rings is 1. The lowest BCUT2D eigenvalue weighted by Crippen LogP contribution is -2.43. The first kappa shape index (κ1) is 13.1. The lowest BCUT2D eigenvalue weighted by atomic mass is 10.1. The van der Waals surface area contributed by atoms with Crippen LogP contribution >= 0.6 is 0 Å². The maximum atomic E-state index is 11.9. The molecule has 1 aliphatic heterocycles. The van der Waals surface area contributed by atoms with Gasteiger partial charge in [-0.25, -0.2) is 0 Å². The van der Waals surface area contributed by atoms with Gasteiger partial charge in [0, 0.05) is 13.1 Å². The van der Waals surface area contributed by atoms with E-state index in [1.807, 2.05) is 37.3 Å². The van der Waals surface area contributed by atoms with E-state index >= 15 is 0 Å². The molecule has 0 aliphatic carbocycles. The molecule has 4 heteroatoms. The lowest BCUT2D eigenvalue weighted by molar-refractivity contribution is -0.123. The summed E-state index contributed by atoms with van der Waals surface area (Å²) in [4.78, 5) is 14.0. The Morgan fingerprint density at radius 2 is 2.00 bits per heavy atom. The molecule has 0 unspecified atom stereocenters. The van der Waals surface area contributed by atoms with Gasteiger partial charge in [-0.3, -0.25) is 9.69 Å². The summed E-state index contributed by atoms with van der Waals surface area (Å²) in [5, 5.41) is 3.02. The van der Waals surface area contributed by atoms with Crippen molar-refractivity contribution in [2.45, 2.75) is 13.0 Å². The Balaban J connectivity index is 1.80. The van der Waals surface area contributed by atoms with Crippen molar-refractivity contribution in [1.82, 2.24) is 10.2 Å². The Hall–Kier alpha value is -1.39. The van der Waals surface area contributed by atoms with Gasteiger partial charge in [0.25, 0.3) is 0 Å². The first-order valence-corrected chi connectivity index (χ1v) is 6.40. The molecule has 0 radical (unpaired) electrons. The van der Waals surface area contributed by atoms with E-state index in [0.717, 1.165) is 31.9 Å². The normalized spacial score (nSPS) is 18.3. The molecule has 4 nitrogen and oxygen atoms in total. The molecule has 0 bridgehead atoms. The summed E-state index contributed by atoms with van der Waals surface area (Å²) in [6.07, 6.45) is 0. The molecule has 1 saturated heterocycles. The third-order valence-corrected chi connectivity index (χ3v) is 3.15. The van der Waals surface area contributed by atoms with Crippen LogP contribution in [0.15, 0.2) is 30.3 Å². The topological polar surface area (TPSA) is 41.6 Å². The van der Waals surface area contributed by atoms with Gasteiger partial charge in [-0.15, -0.1) is 0 Å². The summed E-state index contributed by atoms with van der Waals surface area (Å²) in [6, 6.07) is 10.1. The van der Waals surface area contributed by atoms with E-state index in [-0.39, 0.29) is 11.9 Å². The molecule has 0 aromatic heterocycles. The predicted molar refractivity (Wildman–Crippen MR) is 70.3 cm³/mol. The second-order valence-electron chi connectivity index (χ2n) is 4.59. The van der Waals surface area contributed by atoms with E-state index in [1.54, 1.807) is 0 Å². The van der Waals surface area contributed by atoms with E-state index in [9.17, 15) is 4.79 Å². The number of carbonyl (C=O) groups excluding carboxylic acids is 1. The summed E-state index contributed by atoms with van der Waals surface area (Å²) in [7, 11) is 0. The highest BCUT2D eigenvalue weighted by Crippen LogP contribution is 2.10. The van der Waals surface area contributed by atoms with Crippen LogP contribution in [0, 0.1) is 0 Å². The van der Waals surface area contributed by atoms with Crippen LogP contribution in [0.1, 0.15) is 18.5 Å². The molecule has 0 saturated carbocycles. The van der Waals surface area contributed by atoms with Crippen molar-refractivity contribution in [3.05, 3.63) is 35.9 Å². The number of nitrogens with zero attached hydrogens (tertiary/aromatic N) is 1. The maximum Gasteiger partial charge on any atom is 0.234 e. The van der Waals surface area contributed by atoms with Crippen molar-refractivity contribution in [2.75, 3.05) is 32.8 Å². The van der Waals surface area contributed by atoms with Crippen molar-refractivity contribution in [3.63, 3.8) is 0 Å². The number of nitrogens with one attached hydrogen (secondary N) is 1. The van der Waals surface area contributed by atoms with Crippen LogP contribution in [0.2, 0.25) is 0 Å². The molecule has 98 valence electrons. The molecule has 2 rings (SSSR count). The van der Waals surface area contributed by atoms with Crippen molar-refractivity contribution in [3.8, 4) is 0 Å². The Morgan fingerprint density at radius 3 is 2.67 bits per heavy atom. The van der Waals surface area contributed by atoms with Crippen molar-refractivity contribution in [2.24, 2.45) is 0 Å². The fourth-order valence-corrected chi connectivity index (χ4v) is 2.07. The third kappa shape index (κ3) is 3.82. The summed E-state index contributed by atoms with van der Waals surface area (Å²) >= 11 is 0. The number of ether oxygens (including phenoxy) is 1. The zero-order chi connectivity index (χ0) is 12.8. The zero-order valence-corrected chi connectivity index (χ0v) is 10.8. The fraction of sp³-hybridized carbons (Fsp3) is 0.500. The van der Waals surface area contributed by atoms with Crippen LogP contribution < -0.4 is 5.32 Å². The molecule has 1 aromatic rings. The Labute approximate surface area is 108 Å². The van der Waals surface area contributed by atoms with Crippen LogP contribution in [-0.4, -0.2) is 43.7 Å². The molecule has 1 amide bonds.